The van der Waals surface area contributed by atoms with Gasteiger partial charge in [0.15, 0.2) is 5.41 Å². The lowest BCUT2D eigenvalue weighted by atomic mass is 9.80. The summed E-state index contributed by atoms with van der Waals surface area (Å²) in [6.45, 7) is 7.11. The minimum atomic E-state index is -1.29. The summed E-state index contributed by atoms with van der Waals surface area (Å²) in [6, 6.07) is 0. The minimum absolute atomic E-state index is 0.195. The Hall–Kier alpha value is -1.58. The third-order valence-corrected chi connectivity index (χ3v) is 2.42. The molecule has 0 rings (SSSR count). The van der Waals surface area contributed by atoms with E-state index in [1.54, 1.807) is 6.08 Å². The highest BCUT2D eigenvalue weighted by Gasteiger charge is 2.46. The summed E-state index contributed by atoms with van der Waals surface area (Å²) in [5, 5.41) is 0. The Kier molecular flexibility index (Phi) is 6.15. The van der Waals surface area contributed by atoms with Crippen molar-refractivity contribution in [3.8, 4) is 0 Å². The predicted octanol–water partition coefficient (Wildman–Crippen LogP) is 1.86. The van der Waals surface area contributed by atoms with Gasteiger partial charge in [0.25, 0.3) is 0 Å². The van der Waals surface area contributed by atoms with Crippen LogP contribution in [0.15, 0.2) is 25.3 Å². The van der Waals surface area contributed by atoms with Crippen LogP contribution in [0.2, 0.25) is 0 Å². The van der Waals surface area contributed by atoms with Crippen LogP contribution in [0.1, 0.15) is 19.3 Å². The number of hydrogen-bond acceptors (Lipinski definition) is 4. The average molecular weight is 226 g/mol. The van der Waals surface area contributed by atoms with Gasteiger partial charge in [0.05, 0.1) is 14.2 Å². The Morgan fingerprint density at radius 2 is 1.62 bits per heavy atom. The first kappa shape index (κ1) is 14.4. The van der Waals surface area contributed by atoms with Gasteiger partial charge in [-0.1, -0.05) is 12.2 Å². The highest BCUT2D eigenvalue weighted by Crippen LogP contribution is 2.32. The first-order chi connectivity index (χ1) is 7.58. The van der Waals surface area contributed by atoms with E-state index in [4.69, 9.17) is 0 Å². The van der Waals surface area contributed by atoms with Crippen LogP contribution >= 0.6 is 0 Å². The van der Waals surface area contributed by atoms with E-state index in [0.717, 1.165) is 0 Å². The molecule has 0 radical (unpaired) electrons. The molecule has 0 aliphatic heterocycles. The topological polar surface area (TPSA) is 52.6 Å². The molecule has 4 heteroatoms. The average Bonchev–Trinajstić information content (AvgIpc) is 2.32. The van der Waals surface area contributed by atoms with Crippen molar-refractivity contribution in [2.24, 2.45) is 5.41 Å². The Labute approximate surface area is 95.9 Å². The van der Waals surface area contributed by atoms with Gasteiger partial charge >= 0.3 is 11.9 Å². The van der Waals surface area contributed by atoms with E-state index in [2.05, 4.69) is 22.6 Å². The van der Waals surface area contributed by atoms with E-state index < -0.39 is 17.4 Å². The number of methoxy groups -OCH3 is 2. The maximum Gasteiger partial charge on any atom is 0.323 e. The van der Waals surface area contributed by atoms with Gasteiger partial charge in [0.1, 0.15) is 0 Å². The first-order valence-electron chi connectivity index (χ1n) is 4.97. The van der Waals surface area contributed by atoms with Crippen LogP contribution in [-0.2, 0) is 19.1 Å². The third-order valence-electron chi connectivity index (χ3n) is 2.42. The molecule has 0 saturated heterocycles. The van der Waals surface area contributed by atoms with Crippen LogP contribution < -0.4 is 0 Å². The van der Waals surface area contributed by atoms with E-state index in [9.17, 15) is 9.59 Å². The molecule has 0 N–H and O–H groups in total. The largest absolute Gasteiger partial charge is 0.468 e. The molecule has 0 atom stereocenters. The second-order valence-corrected chi connectivity index (χ2v) is 3.39. The van der Waals surface area contributed by atoms with E-state index >= 15 is 0 Å². The maximum atomic E-state index is 11.7. The molecule has 90 valence electrons. The molecule has 0 aromatic rings. The normalized spacial score (nSPS) is 10.4. The van der Waals surface area contributed by atoms with Crippen molar-refractivity contribution in [2.45, 2.75) is 19.3 Å². The van der Waals surface area contributed by atoms with Gasteiger partial charge in [-0.3, -0.25) is 9.59 Å². The number of ether oxygens (including phenoxy) is 2. The lowest BCUT2D eigenvalue weighted by Crippen LogP contribution is -2.40. The summed E-state index contributed by atoms with van der Waals surface area (Å²) in [4.78, 5) is 23.4. The standard InChI is InChI=1S/C12H18O4/c1-5-7-9-12(8-6-2,10(13)15-3)11(14)16-4/h5-6H,1-2,7-9H2,3-4H3. The molecule has 0 spiro atoms. The van der Waals surface area contributed by atoms with Crippen molar-refractivity contribution in [3.05, 3.63) is 25.3 Å². The summed E-state index contributed by atoms with van der Waals surface area (Å²) in [5.41, 5.74) is -1.29. The van der Waals surface area contributed by atoms with Gasteiger partial charge in [-0.25, -0.2) is 0 Å². The lowest BCUT2D eigenvalue weighted by molar-refractivity contribution is -0.169. The molecule has 0 heterocycles. The summed E-state index contributed by atoms with van der Waals surface area (Å²) in [7, 11) is 2.49. The molecule has 0 fully saturated rings. The number of hydrogen-bond donors (Lipinski definition) is 0. The number of carbonyl (C=O) groups excluding carboxylic acids is 2. The van der Waals surface area contributed by atoms with Gasteiger partial charge in [0, 0.05) is 0 Å². The molecule has 0 saturated carbocycles. The number of esters is 2. The van der Waals surface area contributed by atoms with E-state index in [1.807, 2.05) is 0 Å². The second-order valence-electron chi connectivity index (χ2n) is 3.39. The van der Waals surface area contributed by atoms with Crippen LogP contribution in [0.5, 0.6) is 0 Å². The minimum Gasteiger partial charge on any atom is -0.468 e. The van der Waals surface area contributed by atoms with Gasteiger partial charge in [-0.05, 0) is 19.3 Å². The van der Waals surface area contributed by atoms with Crippen LogP contribution in [0.3, 0.4) is 0 Å². The fourth-order valence-corrected chi connectivity index (χ4v) is 1.54. The molecular weight excluding hydrogens is 208 g/mol. The molecule has 0 amide bonds. The maximum absolute atomic E-state index is 11.7. The molecule has 0 aromatic heterocycles. The highest BCUT2D eigenvalue weighted by molar-refractivity contribution is 6.00. The second kappa shape index (κ2) is 6.82. The van der Waals surface area contributed by atoms with Gasteiger partial charge in [-0.15, -0.1) is 13.2 Å². The van der Waals surface area contributed by atoms with Crippen molar-refractivity contribution in [3.63, 3.8) is 0 Å². The molecule has 0 bridgehead atoms. The lowest BCUT2D eigenvalue weighted by Gasteiger charge is -2.26. The summed E-state index contributed by atoms with van der Waals surface area (Å²) in [5.74, 6) is -1.19. The van der Waals surface area contributed by atoms with E-state index in [0.29, 0.717) is 12.8 Å². The molecule has 16 heavy (non-hydrogen) atoms. The van der Waals surface area contributed by atoms with E-state index in [-0.39, 0.29) is 6.42 Å². The van der Waals surface area contributed by atoms with Crippen LogP contribution in [0, 0.1) is 5.41 Å². The van der Waals surface area contributed by atoms with Crippen molar-refractivity contribution in [2.75, 3.05) is 14.2 Å². The number of carbonyl (C=O) groups is 2. The van der Waals surface area contributed by atoms with Crippen molar-refractivity contribution < 1.29 is 19.1 Å². The third kappa shape index (κ3) is 2.95. The highest BCUT2D eigenvalue weighted by atomic mass is 16.5. The number of allylic oxidation sites excluding steroid dienone is 2. The number of rotatable bonds is 7. The molecule has 0 aliphatic rings. The monoisotopic (exact) mass is 226 g/mol. The fraction of sp³-hybridized carbons (Fsp3) is 0.500. The molecule has 0 aromatic carbocycles. The SMILES string of the molecule is C=CCCC(CC=C)(C(=O)OC)C(=O)OC. The van der Waals surface area contributed by atoms with Crippen LogP contribution in [-0.4, -0.2) is 26.2 Å². The summed E-state index contributed by atoms with van der Waals surface area (Å²) >= 11 is 0. The van der Waals surface area contributed by atoms with Crippen LogP contribution in [0.4, 0.5) is 0 Å². The zero-order chi connectivity index (χ0) is 12.6. The van der Waals surface area contributed by atoms with Crippen molar-refractivity contribution >= 4 is 11.9 Å². The van der Waals surface area contributed by atoms with Crippen molar-refractivity contribution in [1.82, 2.24) is 0 Å². The fourth-order valence-electron chi connectivity index (χ4n) is 1.54. The first-order valence-corrected chi connectivity index (χ1v) is 4.97. The van der Waals surface area contributed by atoms with E-state index in [1.165, 1.54) is 20.3 Å². The summed E-state index contributed by atoms with van der Waals surface area (Å²) < 4.78 is 9.33. The zero-order valence-corrected chi connectivity index (χ0v) is 9.82. The quantitative estimate of drug-likeness (QED) is 0.378. The van der Waals surface area contributed by atoms with Gasteiger partial charge < -0.3 is 9.47 Å². The Bertz CT molecular complexity index is 265. The van der Waals surface area contributed by atoms with Gasteiger partial charge in [0.2, 0.25) is 0 Å². The molecule has 4 nitrogen and oxygen atoms in total. The zero-order valence-electron chi connectivity index (χ0n) is 9.82. The molecular formula is C12H18O4. The Morgan fingerprint density at radius 3 is 1.94 bits per heavy atom. The molecule has 0 unspecified atom stereocenters. The molecule has 0 aliphatic carbocycles. The summed E-state index contributed by atoms with van der Waals surface area (Å²) in [6.07, 6.45) is 4.18. The van der Waals surface area contributed by atoms with Crippen LogP contribution in [0.25, 0.3) is 0 Å². The van der Waals surface area contributed by atoms with Crippen molar-refractivity contribution in [1.29, 1.82) is 0 Å². The Balaban J connectivity index is 5.18. The van der Waals surface area contributed by atoms with Gasteiger partial charge in [-0.2, -0.15) is 0 Å². The smallest absolute Gasteiger partial charge is 0.323 e. The predicted molar refractivity (Wildman–Crippen MR) is 60.7 cm³/mol. The Morgan fingerprint density at radius 1 is 1.12 bits per heavy atom.